The summed E-state index contributed by atoms with van der Waals surface area (Å²) >= 11 is 1.33. The van der Waals surface area contributed by atoms with Crippen molar-refractivity contribution < 1.29 is 4.92 Å². The van der Waals surface area contributed by atoms with Crippen LogP contribution in [0.5, 0.6) is 0 Å². The van der Waals surface area contributed by atoms with Gasteiger partial charge in [0.25, 0.3) is 5.69 Å². The molecule has 0 saturated carbocycles. The maximum Gasteiger partial charge on any atom is 0.270 e. The lowest BCUT2D eigenvalue weighted by Gasteiger charge is -1.96. The summed E-state index contributed by atoms with van der Waals surface area (Å²) in [5.41, 5.74) is 2.76. The number of hydrogen-bond acceptors (Lipinski definition) is 5. The van der Waals surface area contributed by atoms with E-state index in [9.17, 15) is 15.4 Å². The molecule has 0 N–H and O–H groups in total. The third-order valence-electron chi connectivity index (χ3n) is 3.56. The molecule has 0 amide bonds. The number of non-ortho nitro benzene ring substituents is 1. The fraction of sp³-hybridized carbons (Fsp3) is 0. The van der Waals surface area contributed by atoms with Crippen LogP contribution in [0.1, 0.15) is 10.6 Å². The second kappa shape index (κ2) is 8.01. The summed E-state index contributed by atoms with van der Waals surface area (Å²) in [5, 5.41) is 22.7. The molecule has 0 aliphatic heterocycles. The Morgan fingerprint density at radius 3 is 2.73 bits per heavy atom. The van der Waals surface area contributed by atoms with Gasteiger partial charge in [0, 0.05) is 23.1 Å². The first-order valence-electron chi connectivity index (χ1n) is 7.71. The van der Waals surface area contributed by atoms with Gasteiger partial charge in [0.15, 0.2) is 0 Å². The number of hydrogen-bond donors (Lipinski definition) is 0. The summed E-state index contributed by atoms with van der Waals surface area (Å²) in [4.78, 5) is 14.9. The molecule has 1 aromatic heterocycles. The maximum absolute atomic E-state index is 10.9. The smallest absolute Gasteiger partial charge is 0.258 e. The number of allylic oxidation sites excluding steroid dienone is 3. The maximum atomic E-state index is 10.9. The molecule has 0 aliphatic carbocycles. The molecule has 3 rings (SSSR count). The average molecular weight is 359 g/mol. The minimum absolute atomic E-state index is 0.0129. The van der Waals surface area contributed by atoms with Gasteiger partial charge in [-0.05, 0) is 11.6 Å². The minimum atomic E-state index is -0.439. The molecule has 0 spiro atoms. The molecule has 0 unspecified atom stereocenters. The van der Waals surface area contributed by atoms with E-state index in [1.165, 1.54) is 23.5 Å². The Balaban J connectivity index is 1.84. The van der Waals surface area contributed by atoms with Crippen LogP contribution in [0.2, 0.25) is 0 Å². The monoisotopic (exact) mass is 359 g/mol. The lowest BCUT2D eigenvalue weighted by atomic mass is 10.1. The number of nitro groups is 1. The van der Waals surface area contributed by atoms with E-state index < -0.39 is 4.92 Å². The Kier molecular flexibility index (Phi) is 5.32. The van der Waals surface area contributed by atoms with E-state index in [1.807, 2.05) is 42.5 Å². The summed E-state index contributed by atoms with van der Waals surface area (Å²) < 4.78 is 0. The highest BCUT2D eigenvalue weighted by atomic mass is 32.1. The largest absolute Gasteiger partial charge is 0.270 e. The third kappa shape index (κ3) is 4.09. The first kappa shape index (κ1) is 17.3. The molecule has 6 heteroatoms. The van der Waals surface area contributed by atoms with E-state index in [2.05, 4.69) is 11.1 Å². The standard InChI is InChI=1S/C20H13N3O2S/c21-13-17(10-4-8-15-6-2-1-3-7-15)20-22-19(14-26-20)16-9-5-11-18(12-16)23(24)25/h1-12,14H/b8-4+,17-10-. The van der Waals surface area contributed by atoms with Gasteiger partial charge in [-0.3, -0.25) is 10.1 Å². The molecule has 0 saturated heterocycles. The fourth-order valence-electron chi connectivity index (χ4n) is 2.28. The molecule has 2 aromatic carbocycles. The number of rotatable bonds is 5. The van der Waals surface area contributed by atoms with Crippen molar-refractivity contribution in [3.63, 3.8) is 0 Å². The highest BCUT2D eigenvalue weighted by molar-refractivity contribution is 7.11. The van der Waals surface area contributed by atoms with E-state index in [0.717, 1.165) is 5.56 Å². The highest BCUT2D eigenvalue weighted by Gasteiger charge is 2.11. The zero-order valence-electron chi connectivity index (χ0n) is 13.6. The number of nitro benzene ring substituents is 1. The van der Waals surface area contributed by atoms with Crippen molar-refractivity contribution in [1.29, 1.82) is 5.26 Å². The lowest BCUT2D eigenvalue weighted by molar-refractivity contribution is -0.384. The molecule has 0 radical (unpaired) electrons. The third-order valence-corrected chi connectivity index (χ3v) is 4.43. The van der Waals surface area contributed by atoms with Gasteiger partial charge in [-0.15, -0.1) is 11.3 Å². The van der Waals surface area contributed by atoms with Gasteiger partial charge in [0.1, 0.15) is 11.1 Å². The first-order chi connectivity index (χ1) is 12.7. The van der Waals surface area contributed by atoms with Crippen molar-refractivity contribution in [3.8, 4) is 17.3 Å². The van der Waals surface area contributed by atoms with Crippen LogP contribution >= 0.6 is 11.3 Å². The van der Waals surface area contributed by atoms with Crippen LogP contribution in [0.15, 0.2) is 72.1 Å². The fourth-order valence-corrected chi connectivity index (χ4v) is 3.09. The van der Waals surface area contributed by atoms with Gasteiger partial charge >= 0.3 is 0 Å². The first-order valence-corrected chi connectivity index (χ1v) is 8.59. The van der Waals surface area contributed by atoms with Gasteiger partial charge < -0.3 is 0 Å². The SMILES string of the molecule is N#C/C(=C/C=C/c1ccccc1)c1nc(-c2cccc([N+](=O)[O-])c2)cs1. The zero-order chi connectivity index (χ0) is 18.4. The molecular weight excluding hydrogens is 346 g/mol. The summed E-state index contributed by atoms with van der Waals surface area (Å²) in [6, 6.07) is 18.2. The van der Waals surface area contributed by atoms with Crippen LogP contribution in [0.4, 0.5) is 5.69 Å². The van der Waals surface area contributed by atoms with E-state index in [4.69, 9.17) is 0 Å². The molecule has 0 atom stereocenters. The Labute approximate surface area is 154 Å². The highest BCUT2D eigenvalue weighted by Crippen LogP contribution is 2.28. The number of benzene rings is 2. The van der Waals surface area contributed by atoms with Crippen molar-refractivity contribution in [1.82, 2.24) is 4.98 Å². The lowest BCUT2D eigenvalue weighted by Crippen LogP contribution is -1.88. The van der Waals surface area contributed by atoms with Crippen molar-refractivity contribution in [2.45, 2.75) is 0 Å². The summed E-state index contributed by atoms with van der Waals surface area (Å²) in [5.74, 6) is 0. The molecule has 1 heterocycles. The van der Waals surface area contributed by atoms with Crippen LogP contribution in [0.25, 0.3) is 22.9 Å². The van der Waals surface area contributed by atoms with Gasteiger partial charge in [0.2, 0.25) is 0 Å². The van der Waals surface area contributed by atoms with Crippen molar-refractivity contribution in [2.75, 3.05) is 0 Å². The topological polar surface area (TPSA) is 79.8 Å². The van der Waals surface area contributed by atoms with Gasteiger partial charge in [0.05, 0.1) is 16.2 Å². The summed E-state index contributed by atoms with van der Waals surface area (Å²) in [6.45, 7) is 0. The zero-order valence-corrected chi connectivity index (χ0v) is 14.4. The Hall–Kier alpha value is -3.56. The molecule has 26 heavy (non-hydrogen) atoms. The van der Waals surface area contributed by atoms with E-state index in [0.29, 0.717) is 21.8 Å². The van der Waals surface area contributed by atoms with Crippen LogP contribution in [0.3, 0.4) is 0 Å². The van der Waals surface area contributed by atoms with Crippen molar-refractivity contribution in [2.24, 2.45) is 0 Å². The second-order valence-corrected chi connectivity index (χ2v) is 6.17. The Morgan fingerprint density at radius 2 is 2.00 bits per heavy atom. The molecule has 126 valence electrons. The van der Waals surface area contributed by atoms with Crippen LogP contribution in [-0.2, 0) is 0 Å². The quantitative estimate of drug-likeness (QED) is 0.266. The number of aromatic nitrogens is 1. The minimum Gasteiger partial charge on any atom is -0.258 e. The van der Waals surface area contributed by atoms with Gasteiger partial charge in [-0.2, -0.15) is 5.26 Å². The normalized spacial score (nSPS) is 11.4. The van der Waals surface area contributed by atoms with Crippen molar-refractivity contribution >= 4 is 28.7 Å². The summed E-state index contributed by atoms with van der Waals surface area (Å²) in [6.07, 6.45) is 5.43. The van der Waals surface area contributed by atoms with Crippen LogP contribution < -0.4 is 0 Å². The summed E-state index contributed by atoms with van der Waals surface area (Å²) in [7, 11) is 0. The molecule has 0 fully saturated rings. The Morgan fingerprint density at radius 1 is 1.19 bits per heavy atom. The van der Waals surface area contributed by atoms with Gasteiger partial charge in [-0.25, -0.2) is 4.98 Å². The predicted octanol–water partition coefficient (Wildman–Crippen LogP) is 5.34. The average Bonchev–Trinajstić information content (AvgIpc) is 3.16. The van der Waals surface area contributed by atoms with E-state index in [1.54, 1.807) is 23.6 Å². The molecule has 0 aliphatic rings. The molecular formula is C20H13N3O2S. The molecule has 3 aromatic rings. The van der Waals surface area contributed by atoms with E-state index in [-0.39, 0.29) is 5.69 Å². The Bertz CT molecular complexity index is 1030. The number of thiazole rings is 1. The predicted molar refractivity (Wildman–Crippen MR) is 103 cm³/mol. The van der Waals surface area contributed by atoms with Crippen LogP contribution in [-0.4, -0.2) is 9.91 Å². The number of nitriles is 1. The van der Waals surface area contributed by atoms with E-state index >= 15 is 0 Å². The van der Waals surface area contributed by atoms with Crippen LogP contribution in [0, 0.1) is 21.4 Å². The molecule has 5 nitrogen and oxygen atoms in total. The van der Waals surface area contributed by atoms with Gasteiger partial charge in [-0.1, -0.05) is 54.6 Å². The van der Waals surface area contributed by atoms with Crippen molar-refractivity contribution in [3.05, 3.63) is 92.8 Å². The second-order valence-electron chi connectivity index (χ2n) is 5.31. The molecule has 0 bridgehead atoms. The number of nitrogens with zero attached hydrogens (tertiary/aromatic N) is 3.